The van der Waals surface area contributed by atoms with E-state index in [4.69, 9.17) is 14.8 Å². The molecule has 2 aromatic heterocycles. The maximum absolute atomic E-state index is 11.6. The average Bonchev–Trinajstić information content (AvgIpc) is 3.01. The predicted molar refractivity (Wildman–Crippen MR) is 80.7 cm³/mol. The van der Waals surface area contributed by atoms with Gasteiger partial charge in [0, 0.05) is 0 Å². The van der Waals surface area contributed by atoms with Crippen LogP contribution in [0.25, 0.3) is 11.2 Å². The molecule has 5 atom stereocenters. The lowest BCUT2D eigenvalue weighted by atomic mass is 10.1. The number of hydrogen-bond acceptors (Lipinski definition) is 8. The number of aromatic amines is 1. The van der Waals surface area contributed by atoms with Crippen LogP contribution in [0.15, 0.2) is 17.4 Å². The summed E-state index contributed by atoms with van der Waals surface area (Å²) in [5.74, 6) is 0. The molecule has 0 aliphatic carbocycles. The number of H-pyrrole nitrogens is 1. The van der Waals surface area contributed by atoms with Crippen molar-refractivity contribution in [3.8, 4) is 0 Å². The molecule has 1 saturated heterocycles. The van der Waals surface area contributed by atoms with Crippen molar-refractivity contribution in [3.63, 3.8) is 0 Å². The van der Waals surface area contributed by atoms with Crippen molar-refractivity contribution in [2.75, 3.05) is 6.61 Å². The maximum atomic E-state index is 11.6. The van der Waals surface area contributed by atoms with Crippen LogP contribution in [0.3, 0.4) is 0 Å². The number of rotatable bonds is 4. The highest BCUT2D eigenvalue weighted by molar-refractivity contribution is 8.08. The van der Waals surface area contributed by atoms with E-state index in [1.807, 2.05) is 0 Å². The number of hydrogen-bond donors (Lipinski definition) is 5. The van der Waals surface area contributed by atoms with Crippen LogP contribution >= 0.6 is 6.64 Å². The van der Waals surface area contributed by atoms with Crippen molar-refractivity contribution in [2.24, 2.45) is 5.50 Å². The first-order valence-corrected chi connectivity index (χ1v) is 9.20. The number of aliphatic hydroxyl groups is 2. The van der Waals surface area contributed by atoms with Crippen molar-refractivity contribution < 1.29 is 24.4 Å². The highest BCUT2D eigenvalue weighted by Gasteiger charge is 2.44. The first kappa shape index (κ1) is 16.6. The van der Waals surface area contributed by atoms with Crippen molar-refractivity contribution in [2.45, 2.75) is 24.5 Å². The lowest BCUT2D eigenvalue weighted by Crippen LogP contribution is -2.33. The second kappa shape index (κ2) is 6.00. The number of nitrogens with one attached hydrogen (secondary N) is 1. The SMILES string of the molecule is NP(O)(=S)OC[C@H]1O[C@@H](n2cnc3c(=O)[nH]cnc32)[C@H](O)[C@@H]1O. The fourth-order valence-corrected chi connectivity index (χ4v) is 2.87. The van der Waals surface area contributed by atoms with Gasteiger partial charge in [-0.3, -0.25) is 14.9 Å². The minimum Gasteiger partial charge on any atom is -0.387 e. The monoisotopic (exact) mass is 363 g/mol. The molecular weight excluding hydrogens is 349 g/mol. The molecule has 0 radical (unpaired) electrons. The first-order valence-electron chi connectivity index (χ1n) is 6.45. The fraction of sp³-hybridized carbons (Fsp3) is 0.500. The molecule has 3 heterocycles. The molecular formula is C10H14N5O6PS. The van der Waals surface area contributed by atoms with Crippen LogP contribution < -0.4 is 11.1 Å². The van der Waals surface area contributed by atoms with Gasteiger partial charge in [0.25, 0.3) is 12.2 Å². The molecule has 1 aliphatic heterocycles. The summed E-state index contributed by atoms with van der Waals surface area (Å²) in [5, 5.41) is 20.2. The molecule has 11 nitrogen and oxygen atoms in total. The van der Waals surface area contributed by atoms with Crippen LogP contribution in [0.4, 0.5) is 0 Å². The van der Waals surface area contributed by atoms with Gasteiger partial charge in [-0.1, -0.05) is 0 Å². The summed E-state index contributed by atoms with van der Waals surface area (Å²) >= 11 is 4.53. The van der Waals surface area contributed by atoms with Crippen LogP contribution in [0.5, 0.6) is 0 Å². The summed E-state index contributed by atoms with van der Waals surface area (Å²) in [7, 11) is 0. The van der Waals surface area contributed by atoms with Crippen LogP contribution in [-0.2, 0) is 21.1 Å². The first-order chi connectivity index (χ1) is 10.8. The van der Waals surface area contributed by atoms with E-state index in [1.165, 1.54) is 17.2 Å². The van der Waals surface area contributed by atoms with E-state index < -0.39 is 36.7 Å². The fourth-order valence-electron chi connectivity index (χ4n) is 2.33. The minimum atomic E-state index is -3.41. The standard InChI is InChI=1S/C10H14N5O6PS/c11-22(19,23)20-1-4-6(16)7(17)10(21-4)15-3-14-5-8(15)12-2-13-9(5)18/h2-4,6-7,10,16-17H,1H2,(H3,11,19,23)(H,12,13,18)/t4-,6-,7-,10-,22?/m1/s1. The van der Waals surface area contributed by atoms with Gasteiger partial charge in [0.2, 0.25) is 0 Å². The maximum Gasteiger partial charge on any atom is 0.278 e. The Morgan fingerprint density at radius 2 is 2.22 bits per heavy atom. The molecule has 2 aromatic rings. The van der Waals surface area contributed by atoms with Gasteiger partial charge < -0.3 is 29.4 Å². The molecule has 6 N–H and O–H groups in total. The average molecular weight is 363 g/mol. The second-order valence-corrected chi connectivity index (χ2v) is 7.92. The molecule has 3 rings (SSSR count). The van der Waals surface area contributed by atoms with Crippen molar-refractivity contribution in [1.82, 2.24) is 19.5 Å². The van der Waals surface area contributed by atoms with E-state index in [0.29, 0.717) is 0 Å². The highest BCUT2D eigenvalue weighted by atomic mass is 32.5. The number of nitrogens with zero attached hydrogens (tertiary/aromatic N) is 3. The normalized spacial score (nSPS) is 30.6. The molecule has 1 fully saturated rings. The third-order valence-corrected chi connectivity index (χ3v) is 4.24. The summed E-state index contributed by atoms with van der Waals surface area (Å²) in [5.41, 5.74) is 5.04. The van der Waals surface area contributed by atoms with Crippen LogP contribution in [-0.4, -0.2) is 59.5 Å². The zero-order chi connectivity index (χ0) is 16.8. The lowest BCUT2D eigenvalue weighted by Gasteiger charge is -2.17. The Morgan fingerprint density at radius 1 is 1.48 bits per heavy atom. The van der Waals surface area contributed by atoms with Crippen LogP contribution in [0.2, 0.25) is 0 Å². The summed E-state index contributed by atoms with van der Waals surface area (Å²) in [6.45, 7) is -3.70. The van der Waals surface area contributed by atoms with E-state index in [1.54, 1.807) is 0 Å². The van der Waals surface area contributed by atoms with Gasteiger partial charge in [-0.15, -0.1) is 0 Å². The van der Waals surface area contributed by atoms with E-state index in [2.05, 4.69) is 26.8 Å². The number of nitrogens with two attached hydrogens (primary N) is 1. The van der Waals surface area contributed by atoms with E-state index in [-0.39, 0.29) is 17.8 Å². The predicted octanol–water partition coefficient (Wildman–Crippen LogP) is -2.07. The smallest absolute Gasteiger partial charge is 0.278 e. The largest absolute Gasteiger partial charge is 0.387 e. The van der Waals surface area contributed by atoms with E-state index >= 15 is 0 Å². The van der Waals surface area contributed by atoms with Gasteiger partial charge in [0.05, 0.1) is 19.3 Å². The van der Waals surface area contributed by atoms with Gasteiger partial charge in [0.1, 0.15) is 18.3 Å². The Kier molecular flexibility index (Phi) is 4.33. The summed E-state index contributed by atoms with van der Waals surface area (Å²) in [6.07, 6.45) is -2.16. The van der Waals surface area contributed by atoms with Gasteiger partial charge >= 0.3 is 0 Å². The van der Waals surface area contributed by atoms with Crippen molar-refractivity contribution in [3.05, 3.63) is 23.0 Å². The minimum absolute atomic E-state index is 0.0744. The Morgan fingerprint density at radius 3 is 2.91 bits per heavy atom. The summed E-state index contributed by atoms with van der Waals surface area (Å²) < 4.78 is 11.7. The van der Waals surface area contributed by atoms with Crippen LogP contribution in [0.1, 0.15) is 6.23 Å². The highest BCUT2D eigenvalue weighted by Crippen LogP contribution is 2.36. The van der Waals surface area contributed by atoms with Crippen molar-refractivity contribution in [1.29, 1.82) is 0 Å². The Hall–Kier alpha value is -1.24. The number of aliphatic hydroxyl groups excluding tert-OH is 2. The van der Waals surface area contributed by atoms with E-state index in [0.717, 1.165) is 0 Å². The van der Waals surface area contributed by atoms with Gasteiger partial charge in [0.15, 0.2) is 17.4 Å². The molecule has 23 heavy (non-hydrogen) atoms. The number of imidazole rings is 1. The van der Waals surface area contributed by atoms with Gasteiger partial charge in [-0.2, -0.15) is 0 Å². The summed E-state index contributed by atoms with van der Waals surface area (Å²) in [6, 6.07) is 0. The molecule has 0 aromatic carbocycles. The van der Waals surface area contributed by atoms with Crippen LogP contribution in [0, 0.1) is 0 Å². The number of ether oxygens (including phenoxy) is 1. The molecule has 13 heteroatoms. The Bertz CT molecular complexity index is 819. The molecule has 0 spiro atoms. The topological polar surface area (TPSA) is 169 Å². The zero-order valence-corrected chi connectivity index (χ0v) is 13.2. The molecule has 0 saturated carbocycles. The van der Waals surface area contributed by atoms with E-state index in [9.17, 15) is 19.9 Å². The molecule has 126 valence electrons. The van der Waals surface area contributed by atoms with Gasteiger partial charge in [-0.05, 0) is 11.8 Å². The third kappa shape index (κ3) is 3.20. The molecule has 0 bridgehead atoms. The quantitative estimate of drug-likeness (QED) is 0.380. The summed E-state index contributed by atoms with van der Waals surface area (Å²) in [4.78, 5) is 31.2. The van der Waals surface area contributed by atoms with Gasteiger partial charge in [-0.25, -0.2) is 9.97 Å². The second-order valence-electron chi connectivity index (χ2n) is 4.96. The Labute approximate surface area is 133 Å². The molecule has 0 amide bonds. The number of aromatic nitrogens is 4. The zero-order valence-electron chi connectivity index (χ0n) is 11.5. The molecule has 1 aliphatic rings. The Balaban J connectivity index is 1.87. The van der Waals surface area contributed by atoms with Crippen molar-refractivity contribution >= 4 is 29.6 Å². The number of fused-ring (bicyclic) bond motifs is 1. The lowest BCUT2D eigenvalue weighted by molar-refractivity contribution is -0.0473. The molecule has 1 unspecified atom stereocenters. The third-order valence-electron chi connectivity index (χ3n) is 3.40.